The van der Waals surface area contributed by atoms with Crippen molar-refractivity contribution in [2.45, 2.75) is 6.42 Å². The van der Waals surface area contributed by atoms with Crippen LogP contribution in [-0.4, -0.2) is 16.8 Å². The number of rotatable bonds is 4. The highest BCUT2D eigenvalue weighted by molar-refractivity contribution is 7.20. The van der Waals surface area contributed by atoms with E-state index < -0.39 is 0 Å². The molecule has 7 heteroatoms. The first-order valence-corrected chi connectivity index (χ1v) is 8.61. The van der Waals surface area contributed by atoms with Crippen molar-refractivity contribution in [1.82, 2.24) is 15.8 Å². The van der Waals surface area contributed by atoms with Crippen molar-refractivity contribution in [3.63, 3.8) is 0 Å². The molecule has 0 saturated carbocycles. The molecular weight excluding hydrogens is 330 g/mol. The average molecular weight is 343 g/mol. The van der Waals surface area contributed by atoms with Crippen LogP contribution in [0.4, 0.5) is 0 Å². The second-order valence-electron chi connectivity index (χ2n) is 4.67. The first-order valence-electron chi connectivity index (χ1n) is 6.85. The number of aromatic nitrogens is 1. The summed E-state index contributed by atoms with van der Waals surface area (Å²) in [6.45, 7) is 0. The molecular formula is C16H13N3O2S2. The molecule has 2 amide bonds. The highest BCUT2D eigenvalue weighted by atomic mass is 32.1. The van der Waals surface area contributed by atoms with Crippen LogP contribution in [0.15, 0.2) is 53.2 Å². The van der Waals surface area contributed by atoms with Crippen LogP contribution in [0, 0.1) is 0 Å². The van der Waals surface area contributed by atoms with Gasteiger partial charge < -0.3 is 0 Å². The van der Waals surface area contributed by atoms with Gasteiger partial charge in [0.2, 0.25) is 5.91 Å². The number of benzene rings is 1. The van der Waals surface area contributed by atoms with Crippen molar-refractivity contribution in [3.05, 3.63) is 64.5 Å². The third-order valence-electron chi connectivity index (χ3n) is 2.98. The number of carbonyl (C=O) groups excluding carboxylic acids is 2. The Labute approximate surface area is 141 Å². The lowest BCUT2D eigenvalue weighted by Gasteiger charge is -2.06. The van der Waals surface area contributed by atoms with Gasteiger partial charge in [-0.15, -0.1) is 22.7 Å². The first-order chi connectivity index (χ1) is 11.2. The molecule has 0 spiro atoms. The zero-order valence-corrected chi connectivity index (χ0v) is 13.6. The molecule has 1 aromatic carbocycles. The number of hydrogen-bond acceptors (Lipinski definition) is 5. The summed E-state index contributed by atoms with van der Waals surface area (Å²) in [5.41, 5.74) is 5.97. The van der Waals surface area contributed by atoms with E-state index in [1.807, 2.05) is 29.0 Å². The fourth-order valence-electron chi connectivity index (χ4n) is 1.90. The molecule has 23 heavy (non-hydrogen) atoms. The number of thiophene rings is 1. The van der Waals surface area contributed by atoms with Crippen LogP contribution in [0.2, 0.25) is 0 Å². The molecule has 0 saturated heterocycles. The van der Waals surface area contributed by atoms with Crippen LogP contribution in [0.1, 0.15) is 16.1 Å². The van der Waals surface area contributed by atoms with Gasteiger partial charge in [0.25, 0.3) is 5.91 Å². The summed E-state index contributed by atoms with van der Waals surface area (Å²) in [7, 11) is 0. The summed E-state index contributed by atoms with van der Waals surface area (Å²) in [6.07, 6.45) is 0.122. The van der Waals surface area contributed by atoms with Crippen LogP contribution in [-0.2, 0) is 11.2 Å². The van der Waals surface area contributed by atoms with Crippen molar-refractivity contribution in [1.29, 1.82) is 0 Å². The highest BCUT2D eigenvalue weighted by Crippen LogP contribution is 2.27. The maximum atomic E-state index is 11.9. The van der Waals surface area contributed by atoms with Crippen LogP contribution >= 0.6 is 22.7 Å². The quantitative estimate of drug-likeness (QED) is 0.716. The molecule has 0 aliphatic rings. The Hall–Kier alpha value is -2.51. The molecule has 2 N–H and O–H groups in total. The Balaban J connectivity index is 1.53. The number of hydrazine groups is 1. The molecule has 0 aliphatic carbocycles. The lowest BCUT2D eigenvalue weighted by molar-refractivity contribution is -0.121. The summed E-state index contributed by atoms with van der Waals surface area (Å²) in [6, 6.07) is 12.7. The van der Waals surface area contributed by atoms with Crippen molar-refractivity contribution < 1.29 is 9.59 Å². The normalized spacial score (nSPS) is 10.3. The van der Waals surface area contributed by atoms with Crippen LogP contribution in [0.5, 0.6) is 0 Å². The average Bonchev–Trinajstić information content (AvgIpc) is 3.24. The fourth-order valence-corrected chi connectivity index (χ4v) is 3.53. The molecule has 0 fully saturated rings. The molecule has 3 rings (SSSR count). The highest BCUT2D eigenvalue weighted by Gasteiger charge is 2.11. The second-order valence-corrected chi connectivity index (χ2v) is 6.47. The van der Waals surface area contributed by atoms with E-state index in [2.05, 4.69) is 15.8 Å². The first kappa shape index (κ1) is 15.4. The minimum absolute atomic E-state index is 0.122. The lowest BCUT2D eigenvalue weighted by atomic mass is 10.2. The smallest absolute Gasteiger partial charge is 0.269 e. The minimum Gasteiger partial charge on any atom is -0.273 e. The predicted molar refractivity (Wildman–Crippen MR) is 91.2 cm³/mol. The molecule has 0 aliphatic heterocycles. The van der Waals surface area contributed by atoms with E-state index in [1.165, 1.54) is 11.3 Å². The van der Waals surface area contributed by atoms with E-state index in [-0.39, 0.29) is 18.2 Å². The number of thiazole rings is 1. The van der Waals surface area contributed by atoms with E-state index in [4.69, 9.17) is 0 Å². The molecule has 0 radical (unpaired) electrons. The van der Waals surface area contributed by atoms with E-state index in [0.717, 1.165) is 9.88 Å². The summed E-state index contributed by atoms with van der Waals surface area (Å²) in [5, 5.41) is 4.74. The third kappa shape index (κ3) is 4.02. The number of hydrogen-bond donors (Lipinski definition) is 2. The topological polar surface area (TPSA) is 71.1 Å². The van der Waals surface area contributed by atoms with Crippen molar-refractivity contribution in [2.75, 3.05) is 0 Å². The SMILES string of the molecule is O=C(Cc1csc(-c2cccs2)n1)NNC(=O)c1ccccc1. The summed E-state index contributed by atoms with van der Waals surface area (Å²) < 4.78 is 0. The van der Waals surface area contributed by atoms with E-state index in [9.17, 15) is 9.59 Å². The molecule has 5 nitrogen and oxygen atoms in total. The van der Waals surface area contributed by atoms with Gasteiger partial charge in [0, 0.05) is 10.9 Å². The number of nitrogens with zero attached hydrogens (tertiary/aromatic N) is 1. The van der Waals surface area contributed by atoms with Crippen LogP contribution < -0.4 is 10.9 Å². The number of nitrogens with one attached hydrogen (secondary N) is 2. The molecule has 2 aromatic heterocycles. The van der Waals surface area contributed by atoms with Crippen LogP contribution in [0.3, 0.4) is 0 Å². The third-order valence-corrected chi connectivity index (χ3v) is 4.91. The molecule has 0 unspecified atom stereocenters. The van der Waals surface area contributed by atoms with Crippen molar-refractivity contribution in [3.8, 4) is 9.88 Å². The Morgan fingerprint density at radius 3 is 2.57 bits per heavy atom. The lowest BCUT2D eigenvalue weighted by Crippen LogP contribution is -2.42. The monoisotopic (exact) mass is 343 g/mol. The molecule has 0 bridgehead atoms. The van der Waals surface area contributed by atoms with E-state index >= 15 is 0 Å². The largest absolute Gasteiger partial charge is 0.273 e. The van der Waals surface area contributed by atoms with Gasteiger partial charge in [-0.2, -0.15) is 0 Å². The summed E-state index contributed by atoms with van der Waals surface area (Å²) in [5.74, 6) is -0.659. The molecule has 3 aromatic rings. The minimum atomic E-state index is -0.350. The van der Waals surface area contributed by atoms with E-state index in [1.54, 1.807) is 35.6 Å². The van der Waals surface area contributed by atoms with Gasteiger partial charge in [0.15, 0.2) is 0 Å². The van der Waals surface area contributed by atoms with Crippen molar-refractivity contribution >= 4 is 34.5 Å². The molecule has 0 atom stereocenters. The second kappa shape index (κ2) is 7.17. The van der Waals surface area contributed by atoms with Gasteiger partial charge in [0.1, 0.15) is 5.01 Å². The van der Waals surface area contributed by atoms with Gasteiger partial charge in [0.05, 0.1) is 17.0 Å². The fraction of sp³-hybridized carbons (Fsp3) is 0.0625. The predicted octanol–water partition coefficient (Wildman–Crippen LogP) is 2.88. The Kier molecular flexibility index (Phi) is 4.80. The van der Waals surface area contributed by atoms with Crippen LogP contribution in [0.25, 0.3) is 9.88 Å². The standard InChI is InChI=1S/C16H13N3O2S2/c20-14(18-19-15(21)11-5-2-1-3-6-11)9-12-10-23-16(17-12)13-7-4-8-22-13/h1-8,10H,9H2,(H,18,20)(H,19,21). The number of carbonyl (C=O) groups is 2. The molecule has 2 heterocycles. The zero-order chi connectivity index (χ0) is 16.1. The van der Waals surface area contributed by atoms with Gasteiger partial charge in [-0.25, -0.2) is 4.98 Å². The Morgan fingerprint density at radius 1 is 1.00 bits per heavy atom. The Bertz CT molecular complexity index is 798. The number of amides is 2. The van der Waals surface area contributed by atoms with E-state index in [0.29, 0.717) is 11.3 Å². The van der Waals surface area contributed by atoms with Gasteiger partial charge >= 0.3 is 0 Å². The summed E-state index contributed by atoms with van der Waals surface area (Å²) in [4.78, 5) is 29.2. The van der Waals surface area contributed by atoms with Gasteiger partial charge in [-0.1, -0.05) is 24.3 Å². The van der Waals surface area contributed by atoms with Crippen molar-refractivity contribution in [2.24, 2.45) is 0 Å². The zero-order valence-electron chi connectivity index (χ0n) is 12.0. The Morgan fingerprint density at radius 2 is 1.83 bits per heavy atom. The maximum absolute atomic E-state index is 11.9. The van der Waals surface area contributed by atoms with Gasteiger partial charge in [-0.3, -0.25) is 20.4 Å². The molecule has 116 valence electrons. The summed E-state index contributed by atoms with van der Waals surface area (Å²) >= 11 is 3.11. The maximum Gasteiger partial charge on any atom is 0.269 e. The van der Waals surface area contributed by atoms with Gasteiger partial charge in [-0.05, 0) is 23.6 Å².